The van der Waals surface area contributed by atoms with Crippen molar-refractivity contribution in [3.05, 3.63) is 41.1 Å². The zero-order valence-corrected chi connectivity index (χ0v) is 17.1. The van der Waals surface area contributed by atoms with Gasteiger partial charge in [0.2, 0.25) is 5.95 Å². The summed E-state index contributed by atoms with van der Waals surface area (Å²) in [7, 11) is 0. The van der Waals surface area contributed by atoms with Crippen molar-refractivity contribution in [1.29, 1.82) is 0 Å². The SMILES string of the molecule is CCN(CC)c1ccc(C2C(C(=O)OCC(C)C)=C(C)Nc3nnnn32)cc1. The number of ether oxygens (including phenoxy) is 1. The molecule has 1 aliphatic heterocycles. The third-order valence-corrected chi connectivity index (χ3v) is 4.82. The fourth-order valence-electron chi connectivity index (χ4n) is 3.36. The van der Waals surface area contributed by atoms with Gasteiger partial charge >= 0.3 is 5.97 Å². The van der Waals surface area contributed by atoms with Gasteiger partial charge in [0.1, 0.15) is 6.04 Å². The number of anilines is 2. The highest BCUT2D eigenvalue weighted by Crippen LogP contribution is 2.35. The Kier molecular flexibility index (Phi) is 5.96. The van der Waals surface area contributed by atoms with Crippen molar-refractivity contribution < 1.29 is 9.53 Å². The van der Waals surface area contributed by atoms with E-state index in [1.54, 1.807) is 4.68 Å². The molecule has 1 aromatic carbocycles. The molecular formula is C20H28N6O2. The van der Waals surface area contributed by atoms with E-state index in [9.17, 15) is 4.79 Å². The lowest BCUT2D eigenvalue weighted by Gasteiger charge is -2.28. The largest absolute Gasteiger partial charge is 0.462 e. The maximum absolute atomic E-state index is 12.9. The quantitative estimate of drug-likeness (QED) is 0.735. The molecular weight excluding hydrogens is 356 g/mol. The van der Waals surface area contributed by atoms with Gasteiger partial charge < -0.3 is 15.0 Å². The molecule has 0 radical (unpaired) electrons. The van der Waals surface area contributed by atoms with Crippen LogP contribution in [0.25, 0.3) is 0 Å². The van der Waals surface area contributed by atoms with E-state index in [0.29, 0.717) is 23.8 Å². The van der Waals surface area contributed by atoms with E-state index in [0.717, 1.165) is 24.3 Å². The predicted octanol–water partition coefficient (Wildman–Crippen LogP) is 3.01. The van der Waals surface area contributed by atoms with Crippen molar-refractivity contribution in [2.24, 2.45) is 5.92 Å². The summed E-state index contributed by atoms with van der Waals surface area (Å²) in [6.45, 7) is 12.4. The maximum Gasteiger partial charge on any atom is 0.338 e. The van der Waals surface area contributed by atoms with E-state index in [2.05, 4.69) is 51.7 Å². The molecule has 0 saturated heterocycles. The first-order chi connectivity index (χ1) is 13.5. The second-order valence-corrected chi connectivity index (χ2v) is 7.27. The standard InChI is InChI=1S/C20H28N6O2/c1-6-25(7-2)16-10-8-15(9-11-16)18-17(19(27)28-12-13(3)4)14(5)21-20-22-23-24-26(18)20/h8-11,13,18H,6-7,12H2,1-5H3,(H,21,22,24). The molecule has 0 aliphatic carbocycles. The van der Waals surface area contributed by atoms with E-state index >= 15 is 0 Å². The lowest BCUT2D eigenvalue weighted by atomic mass is 9.95. The Bertz CT molecular complexity index is 852. The van der Waals surface area contributed by atoms with E-state index < -0.39 is 6.04 Å². The predicted molar refractivity (Wildman–Crippen MR) is 108 cm³/mol. The maximum atomic E-state index is 12.9. The van der Waals surface area contributed by atoms with Crippen LogP contribution in [-0.4, -0.2) is 45.9 Å². The van der Waals surface area contributed by atoms with Crippen LogP contribution in [0.2, 0.25) is 0 Å². The molecule has 0 spiro atoms. The van der Waals surface area contributed by atoms with Gasteiger partial charge in [0.25, 0.3) is 0 Å². The summed E-state index contributed by atoms with van der Waals surface area (Å²) in [5.74, 6) is 0.421. The third-order valence-electron chi connectivity index (χ3n) is 4.82. The lowest BCUT2D eigenvalue weighted by Crippen LogP contribution is -2.30. The molecule has 0 saturated carbocycles. The average molecular weight is 384 g/mol. The summed E-state index contributed by atoms with van der Waals surface area (Å²) in [5, 5.41) is 15.0. The molecule has 0 bridgehead atoms. The Labute approximate surface area is 165 Å². The molecule has 1 atom stereocenters. The minimum atomic E-state index is -0.434. The Hall–Kier alpha value is -2.90. The topological polar surface area (TPSA) is 85.2 Å². The van der Waals surface area contributed by atoms with Gasteiger partial charge in [0.15, 0.2) is 0 Å². The normalized spacial score (nSPS) is 16.0. The van der Waals surface area contributed by atoms with Gasteiger partial charge in [-0.25, -0.2) is 4.79 Å². The van der Waals surface area contributed by atoms with Crippen molar-refractivity contribution >= 4 is 17.6 Å². The number of tetrazole rings is 1. The molecule has 1 N–H and O–H groups in total. The average Bonchev–Trinajstić information content (AvgIpc) is 3.14. The minimum absolute atomic E-state index is 0.261. The molecule has 3 rings (SSSR count). The number of nitrogens with one attached hydrogen (secondary N) is 1. The van der Waals surface area contributed by atoms with Crippen molar-refractivity contribution in [3.63, 3.8) is 0 Å². The Morgan fingerprint density at radius 1 is 1.25 bits per heavy atom. The highest BCUT2D eigenvalue weighted by Gasteiger charge is 2.35. The van der Waals surface area contributed by atoms with Gasteiger partial charge in [-0.2, -0.15) is 4.68 Å². The van der Waals surface area contributed by atoms with Gasteiger partial charge in [-0.15, -0.1) is 0 Å². The van der Waals surface area contributed by atoms with Crippen LogP contribution in [0.3, 0.4) is 0 Å². The number of rotatable bonds is 7. The molecule has 2 heterocycles. The first kappa shape index (κ1) is 19.9. The van der Waals surface area contributed by atoms with Crippen molar-refractivity contribution in [2.75, 3.05) is 29.9 Å². The fourth-order valence-corrected chi connectivity index (χ4v) is 3.36. The Morgan fingerprint density at radius 3 is 2.54 bits per heavy atom. The fraction of sp³-hybridized carbons (Fsp3) is 0.500. The summed E-state index contributed by atoms with van der Waals surface area (Å²) in [4.78, 5) is 15.2. The highest BCUT2D eigenvalue weighted by molar-refractivity contribution is 5.92. The van der Waals surface area contributed by atoms with Crippen molar-refractivity contribution in [2.45, 2.75) is 40.7 Å². The minimum Gasteiger partial charge on any atom is -0.462 e. The number of carbonyl (C=O) groups is 1. The number of hydrogen-bond donors (Lipinski definition) is 1. The second kappa shape index (κ2) is 8.41. The molecule has 8 heteroatoms. The van der Waals surface area contributed by atoms with Crippen LogP contribution in [0.1, 0.15) is 46.2 Å². The smallest absolute Gasteiger partial charge is 0.338 e. The van der Waals surface area contributed by atoms with Gasteiger partial charge in [-0.1, -0.05) is 31.1 Å². The molecule has 1 unspecified atom stereocenters. The first-order valence-electron chi connectivity index (χ1n) is 9.73. The number of hydrogen-bond acceptors (Lipinski definition) is 7. The molecule has 28 heavy (non-hydrogen) atoms. The molecule has 8 nitrogen and oxygen atoms in total. The van der Waals surface area contributed by atoms with Crippen molar-refractivity contribution in [3.8, 4) is 0 Å². The summed E-state index contributed by atoms with van der Waals surface area (Å²) in [6, 6.07) is 7.76. The van der Waals surface area contributed by atoms with Crippen LogP contribution < -0.4 is 10.2 Å². The number of carbonyl (C=O) groups excluding carboxylic acids is 1. The molecule has 0 amide bonds. The van der Waals surface area contributed by atoms with E-state index in [1.807, 2.05) is 32.9 Å². The van der Waals surface area contributed by atoms with E-state index in [1.165, 1.54) is 0 Å². The van der Waals surface area contributed by atoms with Crippen LogP contribution in [0.15, 0.2) is 35.5 Å². The van der Waals surface area contributed by atoms with Crippen LogP contribution in [-0.2, 0) is 9.53 Å². The zero-order valence-electron chi connectivity index (χ0n) is 17.1. The molecule has 150 valence electrons. The number of fused-ring (bicyclic) bond motifs is 1. The van der Waals surface area contributed by atoms with E-state index in [4.69, 9.17) is 4.74 Å². The third kappa shape index (κ3) is 3.85. The van der Waals surface area contributed by atoms with Crippen molar-refractivity contribution in [1.82, 2.24) is 20.2 Å². The van der Waals surface area contributed by atoms with Crippen LogP contribution >= 0.6 is 0 Å². The van der Waals surface area contributed by atoms with Gasteiger partial charge in [-0.05, 0) is 54.8 Å². The Morgan fingerprint density at radius 2 is 1.93 bits per heavy atom. The molecule has 2 aromatic rings. The Balaban J connectivity index is 1.98. The monoisotopic (exact) mass is 384 g/mol. The van der Waals surface area contributed by atoms with Crippen LogP contribution in [0.5, 0.6) is 0 Å². The summed E-state index contributed by atoms with van der Waals surface area (Å²) in [6.07, 6.45) is 0. The highest BCUT2D eigenvalue weighted by atomic mass is 16.5. The molecule has 1 aliphatic rings. The van der Waals surface area contributed by atoms with E-state index in [-0.39, 0.29) is 11.9 Å². The summed E-state index contributed by atoms with van der Waals surface area (Å²) in [5.41, 5.74) is 3.30. The number of nitrogens with zero attached hydrogens (tertiary/aromatic N) is 5. The van der Waals surface area contributed by atoms with Gasteiger partial charge in [-0.3, -0.25) is 0 Å². The van der Waals surface area contributed by atoms with Crippen LogP contribution in [0, 0.1) is 5.92 Å². The molecule has 0 fully saturated rings. The van der Waals surface area contributed by atoms with Crippen LogP contribution in [0.4, 0.5) is 11.6 Å². The second-order valence-electron chi connectivity index (χ2n) is 7.27. The number of benzene rings is 1. The summed E-state index contributed by atoms with van der Waals surface area (Å²) >= 11 is 0. The number of aromatic nitrogens is 4. The van der Waals surface area contributed by atoms with Gasteiger partial charge in [0, 0.05) is 24.5 Å². The zero-order chi connectivity index (χ0) is 20.3. The van der Waals surface area contributed by atoms with Gasteiger partial charge in [0.05, 0.1) is 12.2 Å². The summed E-state index contributed by atoms with van der Waals surface area (Å²) < 4.78 is 7.16. The number of allylic oxidation sites excluding steroid dienone is 1. The number of esters is 1. The molecule has 1 aromatic heterocycles. The lowest BCUT2D eigenvalue weighted by molar-refractivity contribution is -0.140. The first-order valence-corrected chi connectivity index (χ1v) is 9.73.